The van der Waals surface area contributed by atoms with Gasteiger partial charge < -0.3 is 10.1 Å². The van der Waals surface area contributed by atoms with E-state index >= 15 is 0 Å². The summed E-state index contributed by atoms with van der Waals surface area (Å²) in [6.45, 7) is -1.36. The lowest BCUT2D eigenvalue weighted by atomic mass is 10.6. The highest BCUT2D eigenvalue weighted by Gasteiger charge is 2.27. The van der Waals surface area contributed by atoms with Crippen LogP contribution in [0.2, 0.25) is 0 Å². The summed E-state index contributed by atoms with van der Waals surface area (Å²) in [5.41, 5.74) is -4.27. The van der Waals surface area contributed by atoms with Gasteiger partial charge in [0.05, 0.1) is 6.61 Å². The lowest BCUT2D eigenvalue weighted by molar-refractivity contribution is -0.173. The van der Waals surface area contributed by atoms with Gasteiger partial charge in [0.15, 0.2) is 0 Å². The number of alkyl halides is 6. The molecule has 9 heteroatoms. The largest absolute Gasteiger partial charge is 0.441 e. The first-order valence-corrected chi connectivity index (χ1v) is 5.25. The van der Waals surface area contributed by atoms with E-state index in [0.717, 1.165) is 0 Å². The van der Waals surface area contributed by atoms with Crippen LogP contribution in [0.25, 0.3) is 0 Å². The van der Waals surface area contributed by atoms with Crippen molar-refractivity contribution in [3.8, 4) is 0 Å². The maximum absolute atomic E-state index is 11.6. The van der Waals surface area contributed by atoms with Gasteiger partial charge in [-0.15, -0.1) is 0 Å². The van der Waals surface area contributed by atoms with Crippen LogP contribution in [-0.2, 0) is 4.74 Å². The molecule has 0 aliphatic carbocycles. The van der Waals surface area contributed by atoms with Gasteiger partial charge in [-0.25, -0.2) is 0 Å². The Morgan fingerprint density at radius 3 is 2.12 bits per heavy atom. The summed E-state index contributed by atoms with van der Waals surface area (Å²) in [6, 6.07) is 0. The van der Waals surface area contributed by atoms with Gasteiger partial charge in [0.25, 0.3) is 0 Å². The predicted molar refractivity (Wildman–Crippen MR) is 48.3 cm³/mol. The van der Waals surface area contributed by atoms with Crippen LogP contribution < -0.4 is 5.32 Å². The molecule has 0 heterocycles. The van der Waals surface area contributed by atoms with E-state index in [1.54, 1.807) is 0 Å². The fraction of sp³-hybridized carbons (Fsp3) is 1.00. The third-order valence-corrected chi connectivity index (χ3v) is 1.97. The van der Waals surface area contributed by atoms with E-state index in [4.69, 9.17) is 0 Å². The fourth-order valence-electron chi connectivity index (χ4n) is 0.696. The summed E-state index contributed by atoms with van der Waals surface area (Å²) in [7, 11) is 0. The van der Waals surface area contributed by atoms with Gasteiger partial charge in [-0.1, -0.05) is 0 Å². The molecule has 0 bridgehead atoms. The van der Waals surface area contributed by atoms with E-state index in [1.165, 1.54) is 0 Å². The minimum Gasteiger partial charge on any atom is -0.371 e. The van der Waals surface area contributed by atoms with Gasteiger partial charge >= 0.3 is 11.7 Å². The lowest BCUT2D eigenvalue weighted by Gasteiger charge is -2.09. The second-order valence-electron chi connectivity index (χ2n) is 2.71. The van der Waals surface area contributed by atoms with Crippen LogP contribution in [0.15, 0.2) is 0 Å². The summed E-state index contributed by atoms with van der Waals surface area (Å²) in [5.74, 6) is -0.178. The zero-order valence-corrected chi connectivity index (χ0v) is 8.94. The molecule has 0 atom stereocenters. The summed E-state index contributed by atoms with van der Waals surface area (Å²) in [4.78, 5) is 0. The third-order valence-electron chi connectivity index (χ3n) is 1.23. The van der Waals surface area contributed by atoms with Gasteiger partial charge in [0.1, 0.15) is 6.61 Å². The van der Waals surface area contributed by atoms with Crippen LogP contribution in [0, 0.1) is 0 Å². The van der Waals surface area contributed by atoms with E-state index in [9.17, 15) is 26.3 Å². The van der Waals surface area contributed by atoms with Crippen molar-refractivity contribution in [2.75, 3.05) is 32.1 Å². The summed E-state index contributed by atoms with van der Waals surface area (Å²) < 4.78 is 73.7. The first-order chi connectivity index (χ1) is 7.21. The molecule has 16 heavy (non-hydrogen) atoms. The Bertz CT molecular complexity index is 163. The van der Waals surface area contributed by atoms with Crippen LogP contribution in [0.5, 0.6) is 0 Å². The predicted octanol–water partition coefficient (Wildman–Crippen LogP) is 2.41. The molecule has 2 nitrogen and oxygen atoms in total. The topological polar surface area (TPSA) is 21.3 Å². The summed E-state index contributed by atoms with van der Waals surface area (Å²) in [5, 5.41) is 2.53. The van der Waals surface area contributed by atoms with E-state index in [1.807, 2.05) is 0 Å². The van der Waals surface area contributed by atoms with Crippen LogP contribution in [0.3, 0.4) is 0 Å². The fourth-order valence-corrected chi connectivity index (χ4v) is 1.17. The van der Waals surface area contributed by atoms with Crippen molar-refractivity contribution in [3.63, 3.8) is 0 Å². The third kappa shape index (κ3) is 13.8. The molecular weight excluding hydrogens is 260 g/mol. The molecule has 0 fully saturated rings. The molecule has 0 aliphatic heterocycles. The molecule has 0 aromatic rings. The van der Waals surface area contributed by atoms with Gasteiger partial charge in [0, 0.05) is 18.8 Å². The van der Waals surface area contributed by atoms with Crippen LogP contribution >= 0.6 is 11.8 Å². The number of ether oxygens (including phenoxy) is 1. The van der Waals surface area contributed by atoms with Crippen molar-refractivity contribution < 1.29 is 31.1 Å². The van der Waals surface area contributed by atoms with Gasteiger partial charge in [-0.3, -0.25) is 0 Å². The highest BCUT2D eigenvalue weighted by molar-refractivity contribution is 8.00. The average Bonchev–Trinajstić information content (AvgIpc) is 2.06. The zero-order chi connectivity index (χ0) is 12.7. The van der Waals surface area contributed by atoms with Crippen molar-refractivity contribution in [2.45, 2.75) is 11.7 Å². The van der Waals surface area contributed by atoms with E-state index < -0.39 is 18.3 Å². The maximum Gasteiger partial charge on any atom is 0.441 e. The van der Waals surface area contributed by atoms with Crippen LogP contribution in [0.1, 0.15) is 0 Å². The maximum atomic E-state index is 11.6. The molecule has 0 saturated carbocycles. The number of halogens is 6. The van der Waals surface area contributed by atoms with E-state index in [0.29, 0.717) is 0 Å². The van der Waals surface area contributed by atoms with Crippen molar-refractivity contribution >= 4 is 11.8 Å². The van der Waals surface area contributed by atoms with Crippen LogP contribution in [0.4, 0.5) is 26.3 Å². The van der Waals surface area contributed by atoms with E-state index in [-0.39, 0.29) is 37.2 Å². The normalized spacial score (nSPS) is 13.1. The standard InChI is InChI=1S/C7H11F6NOS/c8-6(9,10)5-15-3-1-14-2-4-16-7(11,12)13/h14H,1-5H2. The molecule has 0 unspecified atom stereocenters. The molecule has 1 N–H and O–H groups in total. The highest BCUT2D eigenvalue weighted by atomic mass is 32.2. The molecule has 0 radical (unpaired) electrons. The second kappa shape index (κ2) is 7.23. The first kappa shape index (κ1) is 15.9. The Balaban J connectivity index is 3.17. The van der Waals surface area contributed by atoms with Gasteiger partial charge in [0.2, 0.25) is 0 Å². The lowest BCUT2D eigenvalue weighted by Crippen LogP contribution is -2.25. The second-order valence-corrected chi connectivity index (χ2v) is 3.87. The Morgan fingerprint density at radius 1 is 1.00 bits per heavy atom. The van der Waals surface area contributed by atoms with Crippen molar-refractivity contribution in [1.82, 2.24) is 5.32 Å². The highest BCUT2D eigenvalue weighted by Crippen LogP contribution is 2.29. The molecule has 0 aromatic heterocycles. The molecule has 98 valence electrons. The Labute approximate surface area is 92.7 Å². The monoisotopic (exact) mass is 271 g/mol. The van der Waals surface area contributed by atoms with Crippen molar-refractivity contribution in [3.05, 3.63) is 0 Å². The molecule has 0 saturated heterocycles. The van der Waals surface area contributed by atoms with Gasteiger partial charge in [-0.2, -0.15) is 26.3 Å². The summed E-state index contributed by atoms with van der Waals surface area (Å²) >= 11 is -0.182. The average molecular weight is 271 g/mol. The molecule has 0 rings (SSSR count). The number of hydrogen-bond acceptors (Lipinski definition) is 3. The molecular formula is C7H11F6NOS. The Hall–Kier alpha value is -0.150. The Kier molecular flexibility index (Phi) is 7.16. The van der Waals surface area contributed by atoms with Crippen molar-refractivity contribution in [2.24, 2.45) is 0 Å². The minimum atomic E-state index is -4.37. The number of hydrogen-bond donors (Lipinski definition) is 1. The molecule has 0 aromatic carbocycles. The quantitative estimate of drug-likeness (QED) is 0.567. The van der Waals surface area contributed by atoms with Gasteiger partial charge in [-0.05, 0) is 11.8 Å². The summed E-state index contributed by atoms with van der Waals surface area (Å²) in [6.07, 6.45) is -4.37. The first-order valence-electron chi connectivity index (χ1n) is 4.26. The number of rotatable bonds is 7. The number of nitrogens with one attached hydrogen (secondary N) is 1. The Morgan fingerprint density at radius 2 is 1.62 bits per heavy atom. The number of thioether (sulfide) groups is 1. The smallest absolute Gasteiger partial charge is 0.371 e. The van der Waals surface area contributed by atoms with Crippen molar-refractivity contribution in [1.29, 1.82) is 0 Å². The van der Waals surface area contributed by atoms with E-state index in [2.05, 4.69) is 10.1 Å². The molecule has 0 spiro atoms. The zero-order valence-electron chi connectivity index (χ0n) is 8.12. The molecule has 0 amide bonds. The SMILES string of the molecule is FC(F)(F)COCCNCCSC(F)(F)F. The minimum absolute atomic E-state index is 0.0690. The molecule has 0 aliphatic rings. The van der Waals surface area contributed by atoms with Crippen LogP contribution in [-0.4, -0.2) is 43.7 Å².